The van der Waals surface area contributed by atoms with E-state index in [1.165, 1.54) is 30.8 Å². The van der Waals surface area contributed by atoms with Crippen LogP contribution in [0.5, 0.6) is 0 Å². The molecule has 2 unspecified atom stereocenters. The smallest absolute Gasteiger partial charge is 0.110 e. The number of thiazole rings is 1. The number of aromatic nitrogens is 1. The third-order valence-electron chi connectivity index (χ3n) is 3.80. The van der Waals surface area contributed by atoms with E-state index < -0.39 is 0 Å². The zero-order chi connectivity index (χ0) is 13.0. The van der Waals surface area contributed by atoms with Gasteiger partial charge >= 0.3 is 0 Å². The van der Waals surface area contributed by atoms with Gasteiger partial charge in [0.05, 0.1) is 6.04 Å². The summed E-state index contributed by atoms with van der Waals surface area (Å²) >= 11 is 1.83. The Bertz CT molecular complexity index is 364. The summed E-state index contributed by atoms with van der Waals surface area (Å²) < 4.78 is 0. The van der Waals surface area contributed by atoms with Crippen molar-refractivity contribution in [2.45, 2.75) is 39.2 Å². The molecule has 1 fully saturated rings. The van der Waals surface area contributed by atoms with Gasteiger partial charge in [-0.1, -0.05) is 13.3 Å². The summed E-state index contributed by atoms with van der Waals surface area (Å²) in [6.07, 6.45) is 3.99. The van der Waals surface area contributed by atoms with E-state index in [2.05, 4.69) is 36.5 Å². The molecule has 0 aromatic carbocycles. The van der Waals surface area contributed by atoms with Crippen LogP contribution < -0.4 is 5.32 Å². The number of nitrogens with one attached hydrogen (secondary N) is 1. The minimum Gasteiger partial charge on any atom is -0.317 e. The van der Waals surface area contributed by atoms with Crippen molar-refractivity contribution in [3.8, 4) is 0 Å². The highest BCUT2D eigenvalue weighted by Crippen LogP contribution is 2.35. The Balaban J connectivity index is 2.17. The van der Waals surface area contributed by atoms with E-state index in [1.807, 2.05) is 11.3 Å². The van der Waals surface area contributed by atoms with Gasteiger partial charge in [0.1, 0.15) is 5.01 Å². The zero-order valence-corrected chi connectivity index (χ0v) is 12.6. The number of hydrogen-bond acceptors (Lipinski definition) is 4. The number of rotatable bonds is 4. The number of hydrogen-bond donors (Lipinski definition) is 1. The Morgan fingerprint density at radius 2 is 2.33 bits per heavy atom. The normalized spacial score (nSPS) is 26.2. The standard InChI is InChI=1S/C14H25N3S/c1-4-15-9-12-7-5-6-8-17(3)13(12)14-16-11(2)10-18-14/h10,12-13,15H,4-9H2,1-3H3. The molecule has 0 bridgehead atoms. The third-order valence-corrected chi connectivity index (χ3v) is 4.84. The van der Waals surface area contributed by atoms with E-state index in [9.17, 15) is 0 Å². The average Bonchev–Trinajstić information content (AvgIpc) is 2.68. The van der Waals surface area contributed by atoms with E-state index in [1.54, 1.807) is 0 Å². The zero-order valence-electron chi connectivity index (χ0n) is 11.8. The van der Waals surface area contributed by atoms with E-state index >= 15 is 0 Å². The maximum atomic E-state index is 4.73. The second-order valence-electron chi connectivity index (χ2n) is 5.32. The number of nitrogens with zero attached hydrogens (tertiary/aromatic N) is 2. The lowest BCUT2D eigenvalue weighted by molar-refractivity contribution is 0.189. The summed E-state index contributed by atoms with van der Waals surface area (Å²) in [6, 6.07) is 0.505. The van der Waals surface area contributed by atoms with Crippen molar-refractivity contribution in [3.63, 3.8) is 0 Å². The van der Waals surface area contributed by atoms with Gasteiger partial charge in [-0.3, -0.25) is 4.90 Å². The molecule has 1 aromatic heterocycles. The highest BCUT2D eigenvalue weighted by Gasteiger charge is 2.30. The Morgan fingerprint density at radius 3 is 3.00 bits per heavy atom. The fraction of sp³-hybridized carbons (Fsp3) is 0.786. The largest absolute Gasteiger partial charge is 0.317 e. The van der Waals surface area contributed by atoms with Crippen LogP contribution in [0.25, 0.3) is 0 Å². The first-order valence-electron chi connectivity index (χ1n) is 7.05. The van der Waals surface area contributed by atoms with Crippen LogP contribution in [0, 0.1) is 12.8 Å². The van der Waals surface area contributed by atoms with Crippen molar-refractivity contribution >= 4 is 11.3 Å². The maximum absolute atomic E-state index is 4.73. The first kappa shape index (κ1) is 14.0. The Labute approximate surface area is 115 Å². The van der Waals surface area contributed by atoms with E-state index in [4.69, 9.17) is 4.98 Å². The summed E-state index contributed by atoms with van der Waals surface area (Å²) in [4.78, 5) is 7.24. The van der Waals surface area contributed by atoms with Gasteiger partial charge < -0.3 is 5.32 Å². The van der Waals surface area contributed by atoms with Crippen molar-refractivity contribution in [2.24, 2.45) is 5.92 Å². The molecule has 2 atom stereocenters. The van der Waals surface area contributed by atoms with Gasteiger partial charge in [-0.15, -0.1) is 11.3 Å². The van der Waals surface area contributed by atoms with Crippen LogP contribution in [0.4, 0.5) is 0 Å². The monoisotopic (exact) mass is 267 g/mol. The Kier molecular flexibility index (Phi) is 5.15. The lowest BCUT2D eigenvalue weighted by Gasteiger charge is -2.31. The summed E-state index contributed by atoms with van der Waals surface area (Å²) in [7, 11) is 2.26. The quantitative estimate of drug-likeness (QED) is 0.909. The lowest BCUT2D eigenvalue weighted by atomic mass is 9.95. The molecule has 3 nitrogen and oxygen atoms in total. The number of likely N-dealkylation sites (tertiary alicyclic amines) is 1. The van der Waals surface area contributed by atoms with Crippen molar-refractivity contribution in [2.75, 3.05) is 26.7 Å². The van der Waals surface area contributed by atoms with Gasteiger partial charge in [-0.25, -0.2) is 4.98 Å². The minimum absolute atomic E-state index is 0.505. The highest BCUT2D eigenvalue weighted by atomic mass is 32.1. The average molecular weight is 267 g/mol. The lowest BCUT2D eigenvalue weighted by Crippen LogP contribution is -2.34. The molecular weight excluding hydrogens is 242 g/mol. The molecule has 18 heavy (non-hydrogen) atoms. The summed E-state index contributed by atoms with van der Waals surface area (Å²) in [5.41, 5.74) is 1.16. The van der Waals surface area contributed by atoms with Crippen molar-refractivity contribution in [1.29, 1.82) is 0 Å². The van der Waals surface area contributed by atoms with Gasteiger partial charge in [0, 0.05) is 11.1 Å². The predicted molar refractivity (Wildman–Crippen MR) is 78.1 cm³/mol. The molecule has 1 aromatic rings. The SMILES string of the molecule is CCNCC1CCCCN(C)C1c1nc(C)cs1. The molecule has 2 rings (SSSR count). The van der Waals surface area contributed by atoms with Crippen molar-refractivity contribution in [1.82, 2.24) is 15.2 Å². The summed E-state index contributed by atoms with van der Waals surface area (Å²) in [5.74, 6) is 0.697. The predicted octanol–water partition coefficient (Wildman–Crippen LogP) is 2.83. The van der Waals surface area contributed by atoms with Crippen LogP contribution in [-0.2, 0) is 0 Å². The van der Waals surface area contributed by atoms with Gasteiger partial charge in [-0.2, -0.15) is 0 Å². The molecular formula is C14H25N3S. The molecule has 0 saturated carbocycles. The Hall–Kier alpha value is -0.450. The molecule has 1 aliphatic heterocycles. The minimum atomic E-state index is 0.505. The summed E-state index contributed by atoms with van der Waals surface area (Å²) in [6.45, 7) is 7.65. The topological polar surface area (TPSA) is 28.2 Å². The van der Waals surface area contributed by atoms with Gasteiger partial charge in [0.2, 0.25) is 0 Å². The van der Waals surface area contributed by atoms with Crippen molar-refractivity contribution in [3.05, 3.63) is 16.1 Å². The van der Waals surface area contributed by atoms with Crippen LogP contribution in [0.15, 0.2) is 5.38 Å². The maximum Gasteiger partial charge on any atom is 0.110 e. The molecule has 4 heteroatoms. The first-order chi connectivity index (χ1) is 8.72. The Morgan fingerprint density at radius 1 is 1.50 bits per heavy atom. The van der Waals surface area contributed by atoms with Gasteiger partial charge in [0.15, 0.2) is 0 Å². The molecule has 0 aliphatic carbocycles. The fourth-order valence-corrected chi connectivity index (χ4v) is 3.92. The van der Waals surface area contributed by atoms with Crippen LogP contribution in [0.1, 0.15) is 42.9 Å². The second kappa shape index (κ2) is 6.64. The number of aryl methyl sites for hydroxylation is 1. The highest BCUT2D eigenvalue weighted by molar-refractivity contribution is 7.09. The second-order valence-corrected chi connectivity index (χ2v) is 6.21. The van der Waals surface area contributed by atoms with Crippen LogP contribution >= 0.6 is 11.3 Å². The third kappa shape index (κ3) is 3.31. The van der Waals surface area contributed by atoms with Crippen LogP contribution in [0.2, 0.25) is 0 Å². The van der Waals surface area contributed by atoms with Crippen LogP contribution in [0.3, 0.4) is 0 Å². The van der Waals surface area contributed by atoms with E-state index in [0.717, 1.165) is 18.8 Å². The van der Waals surface area contributed by atoms with E-state index in [-0.39, 0.29) is 0 Å². The molecule has 102 valence electrons. The summed E-state index contributed by atoms with van der Waals surface area (Å²) in [5, 5.41) is 7.01. The fourth-order valence-electron chi connectivity index (χ4n) is 2.87. The first-order valence-corrected chi connectivity index (χ1v) is 7.93. The van der Waals surface area contributed by atoms with Gasteiger partial charge in [-0.05, 0) is 52.4 Å². The van der Waals surface area contributed by atoms with Crippen molar-refractivity contribution < 1.29 is 0 Å². The molecule has 0 radical (unpaired) electrons. The van der Waals surface area contributed by atoms with Gasteiger partial charge in [0.25, 0.3) is 0 Å². The molecule has 0 amide bonds. The van der Waals surface area contributed by atoms with Crippen LogP contribution in [-0.4, -0.2) is 36.6 Å². The molecule has 0 spiro atoms. The molecule has 2 heterocycles. The molecule has 1 N–H and O–H groups in total. The molecule has 1 aliphatic rings. The molecule has 1 saturated heterocycles. The van der Waals surface area contributed by atoms with E-state index in [0.29, 0.717) is 12.0 Å².